The van der Waals surface area contributed by atoms with Gasteiger partial charge in [0.15, 0.2) is 0 Å². The largest absolute Gasteiger partial charge is 0.385 e. The number of benzene rings is 1. The highest BCUT2D eigenvalue weighted by atomic mass is 16.5. The summed E-state index contributed by atoms with van der Waals surface area (Å²) in [7, 11) is 0. The van der Waals surface area contributed by atoms with E-state index in [1.807, 2.05) is 30.3 Å². The predicted molar refractivity (Wildman–Crippen MR) is 71.5 cm³/mol. The van der Waals surface area contributed by atoms with Crippen molar-refractivity contribution in [3.8, 4) is 0 Å². The molecule has 1 aromatic rings. The van der Waals surface area contributed by atoms with Crippen molar-refractivity contribution < 1.29 is 14.7 Å². The number of piperidine rings is 1. The molecular weight excluding hydrogens is 226 g/mol. The van der Waals surface area contributed by atoms with E-state index in [1.54, 1.807) is 0 Å². The average Bonchev–Trinajstić information content (AvgIpc) is 2.41. The summed E-state index contributed by atoms with van der Waals surface area (Å²) < 4.78 is 5.56. The second-order valence-electron chi connectivity index (χ2n) is 5.17. The van der Waals surface area contributed by atoms with E-state index in [9.17, 15) is 5.11 Å². The molecule has 1 fully saturated rings. The summed E-state index contributed by atoms with van der Waals surface area (Å²) in [6, 6.07) is 10.1. The zero-order valence-electron chi connectivity index (χ0n) is 11.0. The van der Waals surface area contributed by atoms with Crippen molar-refractivity contribution >= 4 is 0 Å². The molecule has 1 aromatic carbocycles. The van der Waals surface area contributed by atoms with Crippen LogP contribution in [-0.2, 0) is 11.3 Å². The van der Waals surface area contributed by atoms with Crippen LogP contribution in [0, 0.1) is 0 Å². The molecule has 0 amide bonds. The minimum Gasteiger partial charge on any atom is -0.385 e. The molecule has 0 radical (unpaired) electrons. The smallest absolute Gasteiger partial charge is 0.126 e. The van der Waals surface area contributed by atoms with Crippen molar-refractivity contribution in [2.75, 3.05) is 26.2 Å². The molecule has 1 saturated heterocycles. The average molecular weight is 250 g/mol. The molecule has 0 bridgehead atoms. The summed E-state index contributed by atoms with van der Waals surface area (Å²) in [5, 5.41) is 9.93. The number of likely N-dealkylation sites (tertiary alicyclic amines) is 1. The first-order valence-electron chi connectivity index (χ1n) is 6.98. The third-order valence-corrected chi connectivity index (χ3v) is 3.51. The lowest BCUT2D eigenvalue weighted by Crippen LogP contribution is -3.14. The second kappa shape index (κ2) is 7.52. The van der Waals surface area contributed by atoms with Crippen LogP contribution in [0.1, 0.15) is 24.8 Å². The van der Waals surface area contributed by atoms with Crippen molar-refractivity contribution in [1.29, 1.82) is 0 Å². The lowest BCUT2D eigenvalue weighted by molar-refractivity contribution is -0.908. The summed E-state index contributed by atoms with van der Waals surface area (Å²) in [6.45, 7) is 4.27. The fraction of sp³-hybridized carbons (Fsp3) is 0.600. The molecule has 2 rings (SSSR count). The number of aliphatic hydroxyl groups excluding tert-OH is 1. The van der Waals surface area contributed by atoms with E-state index in [-0.39, 0.29) is 6.10 Å². The van der Waals surface area contributed by atoms with Crippen LogP contribution in [0.25, 0.3) is 0 Å². The van der Waals surface area contributed by atoms with Crippen LogP contribution in [0.5, 0.6) is 0 Å². The van der Waals surface area contributed by atoms with Crippen LogP contribution in [0.15, 0.2) is 30.3 Å². The van der Waals surface area contributed by atoms with Gasteiger partial charge in [-0.15, -0.1) is 0 Å². The van der Waals surface area contributed by atoms with Gasteiger partial charge < -0.3 is 14.7 Å². The zero-order chi connectivity index (χ0) is 12.6. The van der Waals surface area contributed by atoms with Gasteiger partial charge in [-0.2, -0.15) is 0 Å². The van der Waals surface area contributed by atoms with Gasteiger partial charge in [0.1, 0.15) is 12.6 Å². The molecule has 1 aliphatic rings. The van der Waals surface area contributed by atoms with Crippen LogP contribution in [0.4, 0.5) is 0 Å². The molecule has 2 N–H and O–H groups in total. The Morgan fingerprint density at radius 2 is 1.83 bits per heavy atom. The molecule has 0 aliphatic carbocycles. The Balaban J connectivity index is 1.61. The lowest BCUT2D eigenvalue weighted by atomic mass is 10.1. The second-order valence-corrected chi connectivity index (χ2v) is 5.17. The van der Waals surface area contributed by atoms with Gasteiger partial charge in [0, 0.05) is 0 Å². The molecular formula is C15H24NO2+. The van der Waals surface area contributed by atoms with Gasteiger partial charge in [-0.3, -0.25) is 0 Å². The van der Waals surface area contributed by atoms with Crippen LogP contribution >= 0.6 is 0 Å². The Morgan fingerprint density at radius 1 is 1.11 bits per heavy atom. The van der Waals surface area contributed by atoms with Crippen molar-refractivity contribution in [2.24, 2.45) is 0 Å². The molecule has 100 valence electrons. The molecule has 1 aliphatic heterocycles. The van der Waals surface area contributed by atoms with E-state index >= 15 is 0 Å². The summed E-state index contributed by atoms with van der Waals surface area (Å²) >= 11 is 0. The zero-order valence-corrected chi connectivity index (χ0v) is 11.0. The van der Waals surface area contributed by atoms with E-state index in [2.05, 4.69) is 0 Å². The van der Waals surface area contributed by atoms with E-state index in [1.165, 1.54) is 37.3 Å². The maximum atomic E-state index is 9.93. The minimum atomic E-state index is -0.332. The van der Waals surface area contributed by atoms with Gasteiger partial charge in [-0.05, 0) is 24.8 Å². The van der Waals surface area contributed by atoms with Gasteiger partial charge in [0.2, 0.25) is 0 Å². The van der Waals surface area contributed by atoms with Gasteiger partial charge in [-0.1, -0.05) is 30.3 Å². The Labute approximate surface area is 109 Å². The van der Waals surface area contributed by atoms with Crippen LogP contribution in [0.2, 0.25) is 0 Å². The SMILES string of the molecule is O[C@@H](COCc1ccccc1)C[NH+]1CCCCC1. The van der Waals surface area contributed by atoms with Gasteiger partial charge in [-0.25, -0.2) is 0 Å². The molecule has 1 heterocycles. The Morgan fingerprint density at radius 3 is 2.56 bits per heavy atom. The normalized spacial score (nSPS) is 18.7. The minimum absolute atomic E-state index is 0.332. The summed E-state index contributed by atoms with van der Waals surface area (Å²) in [5.74, 6) is 0. The third kappa shape index (κ3) is 4.77. The highest BCUT2D eigenvalue weighted by Crippen LogP contribution is 2.01. The number of ether oxygens (including phenoxy) is 1. The monoisotopic (exact) mass is 250 g/mol. The number of aliphatic hydroxyl groups is 1. The highest BCUT2D eigenvalue weighted by molar-refractivity contribution is 5.13. The van der Waals surface area contributed by atoms with Crippen LogP contribution in [-0.4, -0.2) is 37.5 Å². The quantitative estimate of drug-likeness (QED) is 0.776. The fourth-order valence-corrected chi connectivity index (χ4v) is 2.54. The Bertz CT molecular complexity index is 323. The third-order valence-electron chi connectivity index (χ3n) is 3.51. The molecule has 0 unspecified atom stereocenters. The number of quaternary nitrogens is 1. The summed E-state index contributed by atoms with van der Waals surface area (Å²) in [6.07, 6.45) is 3.62. The molecule has 0 aromatic heterocycles. The van der Waals surface area contributed by atoms with Crippen molar-refractivity contribution in [3.63, 3.8) is 0 Å². The summed E-state index contributed by atoms with van der Waals surface area (Å²) in [5.41, 5.74) is 1.16. The van der Waals surface area contributed by atoms with Gasteiger partial charge in [0.25, 0.3) is 0 Å². The maximum absolute atomic E-state index is 9.93. The van der Waals surface area contributed by atoms with Crippen LogP contribution in [0.3, 0.4) is 0 Å². The van der Waals surface area contributed by atoms with E-state index in [0.29, 0.717) is 13.2 Å². The molecule has 0 saturated carbocycles. The Kier molecular flexibility index (Phi) is 5.65. The van der Waals surface area contributed by atoms with Crippen molar-refractivity contribution in [2.45, 2.75) is 32.0 Å². The molecule has 18 heavy (non-hydrogen) atoms. The number of hydrogen-bond acceptors (Lipinski definition) is 2. The standard InChI is InChI=1S/C15H23NO2/c17-15(11-16-9-5-2-6-10-16)13-18-12-14-7-3-1-4-8-14/h1,3-4,7-8,15,17H,2,5-6,9-13H2/p+1/t15-/m1/s1. The molecule has 1 atom stereocenters. The number of hydrogen-bond donors (Lipinski definition) is 2. The van der Waals surface area contributed by atoms with Gasteiger partial charge >= 0.3 is 0 Å². The van der Waals surface area contributed by atoms with Gasteiger partial charge in [0.05, 0.1) is 26.3 Å². The maximum Gasteiger partial charge on any atom is 0.126 e. The molecule has 3 heteroatoms. The lowest BCUT2D eigenvalue weighted by Gasteiger charge is -2.25. The molecule has 0 spiro atoms. The van der Waals surface area contributed by atoms with E-state index in [4.69, 9.17) is 4.74 Å². The number of nitrogens with one attached hydrogen (secondary N) is 1. The first-order chi connectivity index (χ1) is 8.84. The molecule has 3 nitrogen and oxygen atoms in total. The highest BCUT2D eigenvalue weighted by Gasteiger charge is 2.17. The fourth-order valence-electron chi connectivity index (χ4n) is 2.54. The van der Waals surface area contributed by atoms with Crippen molar-refractivity contribution in [1.82, 2.24) is 0 Å². The first kappa shape index (κ1) is 13.5. The van der Waals surface area contributed by atoms with Crippen molar-refractivity contribution in [3.05, 3.63) is 35.9 Å². The summed E-state index contributed by atoms with van der Waals surface area (Å²) in [4.78, 5) is 1.53. The van der Waals surface area contributed by atoms with E-state index in [0.717, 1.165) is 12.1 Å². The Hall–Kier alpha value is -0.900. The predicted octanol–water partition coefficient (Wildman–Crippen LogP) is 0.633. The topological polar surface area (TPSA) is 33.9 Å². The number of rotatable bonds is 6. The van der Waals surface area contributed by atoms with Crippen LogP contribution < -0.4 is 4.90 Å². The first-order valence-corrected chi connectivity index (χ1v) is 6.98. The van der Waals surface area contributed by atoms with E-state index < -0.39 is 0 Å².